The van der Waals surface area contributed by atoms with Crippen molar-refractivity contribution in [1.29, 1.82) is 0 Å². The van der Waals surface area contributed by atoms with Crippen molar-refractivity contribution in [1.82, 2.24) is 4.90 Å². The zero-order chi connectivity index (χ0) is 9.68. The first-order valence-corrected chi connectivity index (χ1v) is 4.26. The Morgan fingerprint density at radius 1 is 1.38 bits per heavy atom. The summed E-state index contributed by atoms with van der Waals surface area (Å²) in [5.41, 5.74) is 0. The van der Waals surface area contributed by atoms with E-state index >= 15 is 0 Å². The zero-order valence-electron chi connectivity index (χ0n) is 7.62. The van der Waals surface area contributed by atoms with Crippen LogP contribution in [-0.4, -0.2) is 49.7 Å². The van der Waals surface area contributed by atoms with Gasteiger partial charge in [-0.25, -0.2) is 0 Å². The molecule has 0 radical (unpaired) electrons. The van der Waals surface area contributed by atoms with Gasteiger partial charge in [-0.3, -0.25) is 14.5 Å². The van der Waals surface area contributed by atoms with Crippen LogP contribution in [0.5, 0.6) is 0 Å². The van der Waals surface area contributed by atoms with Crippen molar-refractivity contribution in [2.24, 2.45) is 0 Å². The molecule has 1 saturated heterocycles. The lowest BCUT2D eigenvalue weighted by Gasteiger charge is -2.23. The third-order valence-electron chi connectivity index (χ3n) is 1.69. The second-order valence-corrected chi connectivity index (χ2v) is 2.75. The fraction of sp³-hybridized carbons (Fsp3) is 0.750. The van der Waals surface area contributed by atoms with Gasteiger partial charge in [-0.2, -0.15) is 0 Å². The number of morpholine rings is 1. The molecule has 1 rings (SSSR count). The summed E-state index contributed by atoms with van der Waals surface area (Å²) < 4.78 is 9.46. The monoisotopic (exact) mass is 187 g/mol. The van der Waals surface area contributed by atoms with Gasteiger partial charge in [-0.05, 0) is 6.92 Å². The molecule has 0 amide bonds. The maximum absolute atomic E-state index is 10.8. The van der Waals surface area contributed by atoms with Gasteiger partial charge in [0.15, 0.2) is 0 Å². The average molecular weight is 187 g/mol. The number of carbonyl (C=O) groups excluding carboxylic acids is 2. The average Bonchev–Trinajstić information content (AvgIpc) is 2.03. The van der Waals surface area contributed by atoms with Gasteiger partial charge in [0.05, 0.1) is 19.7 Å². The predicted molar refractivity (Wildman–Crippen MR) is 44.0 cm³/mol. The van der Waals surface area contributed by atoms with Crippen LogP contribution in [-0.2, 0) is 19.1 Å². The molecule has 0 N–H and O–H groups in total. The summed E-state index contributed by atoms with van der Waals surface area (Å²) >= 11 is 0. The number of esters is 2. The fourth-order valence-electron chi connectivity index (χ4n) is 1.11. The van der Waals surface area contributed by atoms with Gasteiger partial charge in [0.2, 0.25) is 0 Å². The first kappa shape index (κ1) is 10.1. The minimum absolute atomic E-state index is 0.179. The number of cyclic esters (lactones) is 2. The lowest BCUT2D eigenvalue weighted by molar-refractivity contribution is -0.167. The molecule has 0 unspecified atom stereocenters. The molecule has 1 aliphatic rings. The lowest BCUT2D eigenvalue weighted by Crippen LogP contribution is -2.44. The van der Waals surface area contributed by atoms with Gasteiger partial charge in [0, 0.05) is 13.2 Å². The Balaban J connectivity index is 2.25. The molecule has 5 heteroatoms. The van der Waals surface area contributed by atoms with Gasteiger partial charge in [0.25, 0.3) is 0 Å². The van der Waals surface area contributed by atoms with E-state index in [1.54, 1.807) is 4.90 Å². The van der Waals surface area contributed by atoms with Crippen molar-refractivity contribution in [2.45, 2.75) is 6.92 Å². The molecule has 0 aliphatic carbocycles. The van der Waals surface area contributed by atoms with Crippen molar-refractivity contribution >= 4 is 11.9 Å². The molecule has 1 heterocycles. The van der Waals surface area contributed by atoms with E-state index in [0.717, 1.165) is 0 Å². The number of ether oxygens (including phenoxy) is 2. The van der Waals surface area contributed by atoms with Gasteiger partial charge in [-0.15, -0.1) is 0 Å². The summed E-state index contributed by atoms with van der Waals surface area (Å²) in [5, 5.41) is 0. The van der Waals surface area contributed by atoms with E-state index in [1.807, 2.05) is 6.92 Å². The molecule has 0 aromatic rings. The lowest BCUT2D eigenvalue weighted by atomic mass is 10.4. The summed E-state index contributed by atoms with van der Waals surface area (Å²) in [6, 6.07) is 0. The van der Waals surface area contributed by atoms with Crippen LogP contribution in [0.2, 0.25) is 0 Å². The largest absolute Gasteiger partial charge is 0.391 e. The van der Waals surface area contributed by atoms with Crippen LogP contribution >= 0.6 is 0 Å². The van der Waals surface area contributed by atoms with E-state index in [4.69, 9.17) is 4.74 Å². The normalized spacial score (nSPS) is 18.8. The third-order valence-corrected chi connectivity index (χ3v) is 1.69. The predicted octanol–water partition coefficient (Wildman–Crippen LogP) is -0.592. The Morgan fingerprint density at radius 3 is 2.54 bits per heavy atom. The molecule has 74 valence electrons. The van der Waals surface area contributed by atoms with Crippen molar-refractivity contribution in [3.05, 3.63) is 0 Å². The molecular weight excluding hydrogens is 174 g/mol. The Morgan fingerprint density at radius 2 is 2.00 bits per heavy atom. The van der Waals surface area contributed by atoms with Gasteiger partial charge >= 0.3 is 11.9 Å². The number of carbonyl (C=O) groups is 2. The minimum atomic E-state index is -0.479. The molecule has 5 nitrogen and oxygen atoms in total. The van der Waals surface area contributed by atoms with Crippen LogP contribution in [0.15, 0.2) is 0 Å². The molecule has 0 atom stereocenters. The molecule has 1 aliphatic heterocycles. The summed E-state index contributed by atoms with van der Waals surface area (Å²) in [6.07, 6.45) is 0. The summed E-state index contributed by atoms with van der Waals surface area (Å²) in [5.74, 6) is -0.958. The zero-order valence-corrected chi connectivity index (χ0v) is 7.62. The highest BCUT2D eigenvalue weighted by Crippen LogP contribution is 1.99. The third kappa shape index (κ3) is 3.52. The van der Waals surface area contributed by atoms with Crippen molar-refractivity contribution in [3.8, 4) is 0 Å². The standard InChI is InChI=1S/C8H13NO4/c1-2-12-4-3-9-5-7(10)13-8(11)6-9/h2-6H2,1H3. The summed E-state index contributed by atoms with van der Waals surface area (Å²) in [6.45, 7) is 4.03. The van der Waals surface area contributed by atoms with Crippen molar-refractivity contribution < 1.29 is 19.1 Å². The Kier molecular flexibility index (Phi) is 3.85. The fourth-order valence-corrected chi connectivity index (χ4v) is 1.11. The van der Waals surface area contributed by atoms with E-state index in [-0.39, 0.29) is 13.1 Å². The number of hydrogen-bond acceptors (Lipinski definition) is 5. The van der Waals surface area contributed by atoms with Gasteiger partial charge < -0.3 is 9.47 Å². The van der Waals surface area contributed by atoms with E-state index < -0.39 is 11.9 Å². The van der Waals surface area contributed by atoms with Crippen LogP contribution < -0.4 is 0 Å². The van der Waals surface area contributed by atoms with E-state index in [2.05, 4.69) is 4.74 Å². The van der Waals surface area contributed by atoms with E-state index in [9.17, 15) is 9.59 Å². The van der Waals surface area contributed by atoms with Gasteiger partial charge in [-0.1, -0.05) is 0 Å². The van der Waals surface area contributed by atoms with Crippen molar-refractivity contribution in [2.75, 3.05) is 32.8 Å². The smallest absolute Gasteiger partial charge is 0.327 e. The maximum Gasteiger partial charge on any atom is 0.327 e. The van der Waals surface area contributed by atoms with Crippen LogP contribution in [0, 0.1) is 0 Å². The van der Waals surface area contributed by atoms with Gasteiger partial charge in [0.1, 0.15) is 0 Å². The summed E-state index contributed by atoms with van der Waals surface area (Å²) in [7, 11) is 0. The molecule has 13 heavy (non-hydrogen) atoms. The van der Waals surface area contributed by atoms with E-state index in [1.165, 1.54) is 0 Å². The minimum Gasteiger partial charge on any atom is -0.391 e. The van der Waals surface area contributed by atoms with Crippen LogP contribution in [0.25, 0.3) is 0 Å². The number of hydrogen-bond donors (Lipinski definition) is 0. The Hall–Kier alpha value is -0.940. The highest BCUT2D eigenvalue weighted by Gasteiger charge is 2.23. The van der Waals surface area contributed by atoms with Crippen LogP contribution in [0.4, 0.5) is 0 Å². The highest BCUT2D eigenvalue weighted by atomic mass is 16.6. The van der Waals surface area contributed by atoms with Crippen LogP contribution in [0.3, 0.4) is 0 Å². The Labute approximate surface area is 76.6 Å². The quantitative estimate of drug-likeness (QED) is 0.334. The molecule has 0 aromatic carbocycles. The first-order chi connectivity index (χ1) is 6.22. The van der Waals surface area contributed by atoms with E-state index in [0.29, 0.717) is 19.8 Å². The molecular formula is C8H13NO4. The SMILES string of the molecule is CCOCCN1CC(=O)OC(=O)C1. The molecule has 1 fully saturated rings. The summed E-state index contributed by atoms with van der Waals surface area (Å²) in [4.78, 5) is 23.3. The molecule has 0 aromatic heterocycles. The highest BCUT2D eigenvalue weighted by molar-refractivity contribution is 5.90. The molecule has 0 bridgehead atoms. The van der Waals surface area contributed by atoms with Crippen LogP contribution in [0.1, 0.15) is 6.92 Å². The van der Waals surface area contributed by atoms with Crippen molar-refractivity contribution in [3.63, 3.8) is 0 Å². The second-order valence-electron chi connectivity index (χ2n) is 2.75. The Bertz CT molecular complexity index is 188. The second kappa shape index (κ2) is 4.94. The first-order valence-electron chi connectivity index (χ1n) is 4.26. The molecule has 0 spiro atoms. The maximum atomic E-state index is 10.8. The number of nitrogens with zero attached hydrogens (tertiary/aromatic N) is 1. The number of rotatable bonds is 4. The topological polar surface area (TPSA) is 55.8 Å². The molecule has 0 saturated carbocycles.